The molecular weight excluding hydrogens is 1040 g/mol. The van der Waals surface area contributed by atoms with Crippen molar-refractivity contribution in [1.29, 1.82) is 0 Å². The molecule has 83 heavy (non-hydrogen) atoms. The molecule has 0 rings (SSSR count). The molecule has 0 fully saturated rings. The summed E-state index contributed by atoms with van der Waals surface area (Å²) in [7, 11) is 1.59. The van der Waals surface area contributed by atoms with Crippen molar-refractivity contribution in [2.75, 3.05) is 40.9 Å². The van der Waals surface area contributed by atoms with Crippen LogP contribution in [0, 0.1) is 0 Å². The monoisotopic (exact) mass is 1190 g/mol. The van der Waals surface area contributed by atoms with Crippen LogP contribution in [0.25, 0.3) is 0 Å². The van der Waals surface area contributed by atoms with Crippen LogP contribution in [0.1, 0.15) is 354 Å². The molecule has 3 atom stereocenters. The van der Waals surface area contributed by atoms with Gasteiger partial charge < -0.3 is 19.8 Å². The molecule has 0 radical (unpaired) electrons. The van der Waals surface area contributed by atoms with E-state index in [4.69, 9.17) is 9.05 Å². The van der Waals surface area contributed by atoms with Crippen molar-refractivity contribution in [3.05, 3.63) is 60.8 Å². The summed E-state index contributed by atoms with van der Waals surface area (Å²) < 4.78 is 23.8. The summed E-state index contributed by atoms with van der Waals surface area (Å²) in [6.07, 6.45) is 89.5. The molecule has 9 heteroatoms. The number of nitrogens with zero attached hydrogens (tertiary/aromatic N) is 1. The zero-order valence-electron chi connectivity index (χ0n) is 55.9. The molecule has 0 saturated heterocycles. The van der Waals surface area contributed by atoms with Crippen LogP contribution in [0.15, 0.2) is 60.8 Å². The summed E-state index contributed by atoms with van der Waals surface area (Å²) in [5, 5.41) is 14.0. The average molecular weight is 1190 g/mol. The van der Waals surface area contributed by atoms with Gasteiger partial charge in [0.1, 0.15) is 13.2 Å². The first-order valence-electron chi connectivity index (χ1n) is 36.2. The standard InChI is InChI=1S/C74H141N2O6P/c1-6-8-10-12-14-16-18-20-22-24-26-28-30-31-32-33-34-35-36-37-38-39-40-41-42-43-44-45-46-48-50-52-54-56-58-60-62-64-66-68-74(78)75-72(71-82-83(79,80)81-70-69-76(3,4)5)73(77)67-65-63-61-59-57-55-53-51-49-47-29-27-25-23-21-19-17-15-13-11-9-7-2/h8,10,14,16,20,22,26,28,65,67,72-73,77H,6-7,9,11-13,15,17-19,21,23-25,27,29-64,66,68-71H2,1-5H3,(H-,75,78,79,80)/p+1/b10-8-,16-14-,22-20-,28-26-,67-65+. The molecule has 0 aromatic carbocycles. The summed E-state index contributed by atoms with van der Waals surface area (Å²) in [5.74, 6) is -0.170. The highest BCUT2D eigenvalue weighted by Crippen LogP contribution is 2.43. The summed E-state index contributed by atoms with van der Waals surface area (Å²) in [6.45, 7) is 4.75. The number of unbranched alkanes of at least 4 members (excludes halogenated alkanes) is 46. The second kappa shape index (κ2) is 64.7. The fraction of sp³-hybridized carbons (Fsp3) is 0.851. The summed E-state index contributed by atoms with van der Waals surface area (Å²) in [4.78, 5) is 23.4. The van der Waals surface area contributed by atoms with Gasteiger partial charge in [0.25, 0.3) is 0 Å². The van der Waals surface area contributed by atoms with Crippen molar-refractivity contribution < 1.29 is 32.9 Å². The predicted octanol–water partition coefficient (Wildman–Crippen LogP) is 23.2. The Morgan fingerprint density at radius 3 is 1.06 bits per heavy atom. The molecule has 3 N–H and O–H groups in total. The minimum Gasteiger partial charge on any atom is -0.387 e. The highest BCUT2D eigenvalue weighted by Gasteiger charge is 2.28. The van der Waals surface area contributed by atoms with Crippen molar-refractivity contribution in [2.24, 2.45) is 0 Å². The van der Waals surface area contributed by atoms with Gasteiger partial charge in [-0.1, -0.05) is 351 Å². The number of likely N-dealkylation sites (N-methyl/N-ethyl adjacent to an activating group) is 1. The molecule has 0 aromatic heterocycles. The molecule has 0 aliphatic heterocycles. The lowest BCUT2D eigenvalue weighted by Crippen LogP contribution is -2.45. The van der Waals surface area contributed by atoms with Gasteiger partial charge in [0.15, 0.2) is 0 Å². The van der Waals surface area contributed by atoms with Gasteiger partial charge in [0.2, 0.25) is 5.91 Å². The van der Waals surface area contributed by atoms with Crippen molar-refractivity contribution in [2.45, 2.75) is 366 Å². The molecule has 0 spiro atoms. The normalized spacial score (nSPS) is 14.0. The number of aliphatic hydroxyl groups is 1. The molecular formula is C74H142N2O6P+. The Kier molecular flexibility index (Phi) is 63.3. The number of nitrogens with one attached hydrogen (secondary N) is 1. The van der Waals surface area contributed by atoms with Gasteiger partial charge in [-0.3, -0.25) is 13.8 Å². The molecule has 0 saturated carbocycles. The minimum atomic E-state index is -4.35. The number of amides is 1. The summed E-state index contributed by atoms with van der Waals surface area (Å²) in [5.41, 5.74) is 0. The average Bonchev–Trinajstić information content (AvgIpc) is 3.50. The van der Waals surface area contributed by atoms with Crippen LogP contribution >= 0.6 is 7.82 Å². The highest BCUT2D eigenvalue weighted by molar-refractivity contribution is 7.47. The number of carbonyl (C=O) groups excluding carboxylic acids is 1. The SMILES string of the molecule is CC/C=C\C/C=C\C/C=C\C/C=C\CCCCCCCCCCCCCCCCCCCCCCCCCCCCC(=O)NC(COP(=O)(O)OCC[N+](C)(C)C)C(O)/C=C/CCCCCCCCCCCCCCCCCCCCCC. The van der Waals surface area contributed by atoms with E-state index >= 15 is 0 Å². The topological polar surface area (TPSA) is 105 Å². The van der Waals surface area contributed by atoms with Gasteiger partial charge in [0.05, 0.1) is 39.9 Å². The zero-order valence-corrected chi connectivity index (χ0v) is 56.8. The van der Waals surface area contributed by atoms with Gasteiger partial charge in [-0.15, -0.1) is 0 Å². The molecule has 0 bridgehead atoms. The second-order valence-electron chi connectivity index (χ2n) is 25.9. The van der Waals surface area contributed by atoms with E-state index in [1.807, 2.05) is 27.2 Å². The lowest BCUT2D eigenvalue weighted by atomic mass is 10.0. The first-order chi connectivity index (χ1) is 40.5. The number of phosphoric ester groups is 1. The van der Waals surface area contributed by atoms with Crippen LogP contribution < -0.4 is 5.32 Å². The molecule has 0 aliphatic carbocycles. The van der Waals surface area contributed by atoms with Crippen LogP contribution in [0.4, 0.5) is 0 Å². The van der Waals surface area contributed by atoms with Crippen molar-refractivity contribution in [3.8, 4) is 0 Å². The summed E-state index contributed by atoms with van der Waals surface area (Å²) in [6, 6.07) is -0.847. The van der Waals surface area contributed by atoms with E-state index in [0.717, 1.165) is 57.8 Å². The van der Waals surface area contributed by atoms with Gasteiger partial charge in [0, 0.05) is 6.42 Å². The maximum absolute atomic E-state index is 13.1. The zero-order chi connectivity index (χ0) is 60.5. The van der Waals surface area contributed by atoms with Crippen LogP contribution in [-0.4, -0.2) is 73.4 Å². The number of carbonyl (C=O) groups is 1. The molecule has 3 unspecified atom stereocenters. The van der Waals surface area contributed by atoms with E-state index in [-0.39, 0.29) is 19.1 Å². The number of phosphoric acid groups is 1. The first-order valence-corrected chi connectivity index (χ1v) is 37.7. The van der Waals surface area contributed by atoms with Crippen LogP contribution in [0.3, 0.4) is 0 Å². The van der Waals surface area contributed by atoms with Crippen molar-refractivity contribution >= 4 is 13.7 Å². The van der Waals surface area contributed by atoms with E-state index < -0.39 is 20.0 Å². The third kappa shape index (κ3) is 67.6. The van der Waals surface area contributed by atoms with Crippen LogP contribution in [-0.2, 0) is 18.4 Å². The Bertz CT molecular complexity index is 1540. The van der Waals surface area contributed by atoms with Gasteiger partial charge in [-0.05, 0) is 57.8 Å². The van der Waals surface area contributed by atoms with Gasteiger partial charge in [-0.2, -0.15) is 0 Å². The molecule has 488 valence electrons. The minimum absolute atomic E-state index is 0.0632. The maximum Gasteiger partial charge on any atom is 0.472 e. The number of allylic oxidation sites excluding steroid dienone is 9. The quantitative estimate of drug-likeness (QED) is 0.0243. The number of hydrogen-bond donors (Lipinski definition) is 3. The van der Waals surface area contributed by atoms with E-state index in [1.54, 1.807) is 6.08 Å². The maximum atomic E-state index is 13.1. The Hall–Kier alpha value is -1.80. The number of quaternary nitrogens is 1. The lowest BCUT2D eigenvalue weighted by Gasteiger charge is -2.25. The third-order valence-corrected chi connectivity index (χ3v) is 17.5. The number of aliphatic hydroxyl groups excluding tert-OH is 1. The largest absolute Gasteiger partial charge is 0.472 e. The Labute approximate surface area is 517 Å². The fourth-order valence-corrected chi connectivity index (χ4v) is 11.7. The molecule has 1 amide bonds. The second-order valence-corrected chi connectivity index (χ2v) is 27.4. The fourth-order valence-electron chi connectivity index (χ4n) is 10.9. The third-order valence-electron chi connectivity index (χ3n) is 16.5. The van der Waals surface area contributed by atoms with Crippen molar-refractivity contribution in [1.82, 2.24) is 5.32 Å². The molecule has 0 heterocycles. The van der Waals surface area contributed by atoms with E-state index in [9.17, 15) is 19.4 Å². The predicted molar refractivity (Wildman–Crippen MR) is 364 cm³/mol. The first kappa shape index (κ1) is 81.2. The van der Waals surface area contributed by atoms with Crippen LogP contribution in [0.5, 0.6) is 0 Å². The smallest absolute Gasteiger partial charge is 0.387 e. The molecule has 0 aliphatic rings. The Balaban J connectivity index is 3.94. The molecule has 8 nitrogen and oxygen atoms in total. The van der Waals surface area contributed by atoms with Gasteiger partial charge >= 0.3 is 7.82 Å². The summed E-state index contributed by atoms with van der Waals surface area (Å²) >= 11 is 0. The van der Waals surface area contributed by atoms with Crippen LogP contribution in [0.2, 0.25) is 0 Å². The lowest BCUT2D eigenvalue weighted by molar-refractivity contribution is -0.870. The van der Waals surface area contributed by atoms with E-state index in [2.05, 4.69) is 67.8 Å². The van der Waals surface area contributed by atoms with E-state index in [0.29, 0.717) is 17.4 Å². The van der Waals surface area contributed by atoms with Crippen molar-refractivity contribution in [3.63, 3.8) is 0 Å². The molecule has 0 aromatic rings. The Morgan fingerprint density at radius 1 is 0.422 bits per heavy atom. The van der Waals surface area contributed by atoms with E-state index in [1.165, 1.54) is 276 Å². The van der Waals surface area contributed by atoms with Gasteiger partial charge in [-0.25, -0.2) is 4.57 Å². The number of hydrogen-bond acceptors (Lipinski definition) is 5. The Morgan fingerprint density at radius 2 is 0.723 bits per heavy atom. The highest BCUT2D eigenvalue weighted by atomic mass is 31.2. The number of rotatable bonds is 67.